The first-order valence-electron chi connectivity index (χ1n) is 4.99. The summed E-state index contributed by atoms with van der Waals surface area (Å²) < 4.78 is 1.80. The largest absolute Gasteiger partial charge is 0.481 e. The third kappa shape index (κ3) is 6.83. The normalized spacial score (nSPS) is 13.2. The number of carboxylic acid groups (broad SMARTS) is 1. The van der Waals surface area contributed by atoms with Crippen LogP contribution in [-0.2, 0) is 9.59 Å². The molecule has 0 aromatic heterocycles. The maximum absolute atomic E-state index is 11.4. The summed E-state index contributed by atoms with van der Waals surface area (Å²) in [6.07, 6.45) is 0.850. The average molecular weight is 327 g/mol. The van der Waals surface area contributed by atoms with Gasteiger partial charge in [-0.15, -0.1) is 0 Å². The fraction of sp³-hybridized carbons (Fsp3) is 0.800. The molecule has 0 heterocycles. The van der Waals surface area contributed by atoms with Crippen molar-refractivity contribution in [1.82, 2.24) is 3.11 Å². The van der Waals surface area contributed by atoms with Gasteiger partial charge in [0.15, 0.2) is 0 Å². The number of carboxylic acids is 1. The molecule has 1 N–H and O–H groups in total. The van der Waals surface area contributed by atoms with Crippen molar-refractivity contribution in [2.45, 2.75) is 39.7 Å². The summed E-state index contributed by atoms with van der Waals surface area (Å²) in [5.41, 5.74) is 0. The van der Waals surface area contributed by atoms with Crippen molar-refractivity contribution in [2.24, 2.45) is 5.92 Å². The zero-order valence-electron chi connectivity index (χ0n) is 9.36. The predicted octanol–water partition coefficient (Wildman–Crippen LogP) is 2.12. The summed E-state index contributed by atoms with van der Waals surface area (Å²) in [6.45, 7) is 6.07. The van der Waals surface area contributed by atoms with E-state index in [1.165, 1.54) is 0 Å². The second-order valence-corrected chi connectivity index (χ2v) is 5.26. The molecule has 4 nitrogen and oxygen atoms in total. The standard InChI is InChI=1S/C10H18INO3/c1-7(2)6-9(8(3)13)12(11)5-4-10(14)15/h7,9H,4-6H2,1-3H3,(H,14,15). The van der Waals surface area contributed by atoms with Crippen LogP contribution in [0.2, 0.25) is 0 Å². The summed E-state index contributed by atoms with van der Waals surface area (Å²) in [7, 11) is 0. The molecule has 0 radical (unpaired) electrons. The van der Waals surface area contributed by atoms with Crippen LogP contribution in [0, 0.1) is 5.92 Å². The smallest absolute Gasteiger partial charge is 0.304 e. The molecule has 0 bridgehead atoms. The molecule has 88 valence electrons. The van der Waals surface area contributed by atoms with Crippen molar-refractivity contribution in [3.63, 3.8) is 0 Å². The van der Waals surface area contributed by atoms with Crippen LogP contribution in [0.3, 0.4) is 0 Å². The molecule has 5 heteroatoms. The molecule has 0 saturated heterocycles. The molecule has 0 aromatic carbocycles. The number of Topliss-reactive ketones (excluding diaryl/α,β-unsaturated/α-hetero) is 1. The van der Waals surface area contributed by atoms with Crippen molar-refractivity contribution in [1.29, 1.82) is 0 Å². The van der Waals surface area contributed by atoms with E-state index in [9.17, 15) is 9.59 Å². The van der Waals surface area contributed by atoms with E-state index in [2.05, 4.69) is 13.8 Å². The van der Waals surface area contributed by atoms with E-state index in [4.69, 9.17) is 5.11 Å². The van der Waals surface area contributed by atoms with Gasteiger partial charge in [-0.05, 0) is 19.3 Å². The highest BCUT2D eigenvalue weighted by atomic mass is 127. The lowest BCUT2D eigenvalue weighted by molar-refractivity contribution is -0.137. The molecule has 0 aliphatic rings. The molecule has 0 amide bonds. The molecule has 0 aliphatic heterocycles. The SMILES string of the molecule is CC(=O)C(CC(C)C)N(I)CCC(=O)O. The summed E-state index contributed by atoms with van der Waals surface area (Å²) in [6, 6.07) is -0.162. The summed E-state index contributed by atoms with van der Waals surface area (Å²) in [4.78, 5) is 21.8. The first-order valence-corrected chi connectivity index (χ1v) is 5.95. The number of rotatable bonds is 7. The molecule has 0 aliphatic carbocycles. The van der Waals surface area contributed by atoms with Gasteiger partial charge >= 0.3 is 5.97 Å². The van der Waals surface area contributed by atoms with Gasteiger partial charge in [-0.1, -0.05) is 13.8 Å². The number of halogens is 1. The van der Waals surface area contributed by atoms with Crippen molar-refractivity contribution >= 4 is 34.6 Å². The monoisotopic (exact) mass is 327 g/mol. The maximum Gasteiger partial charge on any atom is 0.304 e. The molecule has 1 atom stereocenters. The lowest BCUT2D eigenvalue weighted by Crippen LogP contribution is -2.35. The van der Waals surface area contributed by atoms with Crippen LogP contribution in [0.5, 0.6) is 0 Å². The first kappa shape index (κ1) is 14.8. The van der Waals surface area contributed by atoms with Crippen LogP contribution in [0.4, 0.5) is 0 Å². The highest BCUT2D eigenvalue weighted by Crippen LogP contribution is 2.17. The van der Waals surface area contributed by atoms with Crippen molar-refractivity contribution in [2.75, 3.05) is 6.54 Å². The molecule has 0 rings (SSSR count). The number of carbonyl (C=O) groups is 2. The highest BCUT2D eigenvalue weighted by Gasteiger charge is 2.22. The van der Waals surface area contributed by atoms with Crippen molar-refractivity contribution in [3.8, 4) is 0 Å². The Balaban J connectivity index is 4.22. The summed E-state index contributed by atoms with van der Waals surface area (Å²) >= 11 is 2.03. The summed E-state index contributed by atoms with van der Waals surface area (Å²) in [5, 5.41) is 8.55. The van der Waals surface area contributed by atoms with Crippen molar-refractivity contribution < 1.29 is 14.7 Å². The van der Waals surface area contributed by atoms with Gasteiger partial charge in [0.2, 0.25) is 0 Å². The Bertz CT molecular complexity index is 231. The quantitative estimate of drug-likeness (QED) is 0.575. The zero-order valence-corrected chi connectivity index (χ0v) is 11.5. The fourth-order valence-corrected chi connectivity index (χ4v) is 2.14. The van der Waals surface area contributed by atoms with Gasteiger partial charge in [-0.2, -0.15) is 0 Å². The van der Waals surface area contributed by atoms with Crippen molar-refractivity contribution in [3.05, 3.63) is 0 Å². The molecular weight excluding hydrogens is 309 g/mol. The van der Waals surface area contributed by atoms with Gasteiger partial charge in [0.25, 0.3) is 0 Å². The topological polar surface area (TPSA) is 57.6 Å². The number of nitrogens with zero attached hydrogens (tertiary/aromatic N) is 1. The third-order valence-corrected chi connectivity index (χ3v) is 3.20. The van der Waals surface area contributed by atoms with Gasteiger partial charge in [0, 0.05) is 29.4 Å². The number of hydrogen-bond donors (Lipinski definition) is 1. The van der Waals surface area contributed by atoms with Gasteiger partial charge in [-0.25, -0.2) is 3.11 Å². The molecule has 15 heavy (non-hydrogen) atoms. The van der Waals surface area contributed by atoms with Gasteiger partial charge < -0.3 is 5.11 Å². The van der Waals surface area contributed by atoms with E-state index in [1.54, 1.807) is 10.0 Å². The minimum absolute atomic E-state index is 0.0742. The first-order chi connectivity index (χ1) is 6.84. The van der Waals surface area contributed by atoms with Gasteiger partial charge in [-0.3, -0.25) is 9.59 Å². The number of hydrogen-bond acceptors (Lipinski definition) is 3. The number of ketones is 1. The minimum Gasteiger partial charge on any atom is -0.481 e. The lowest BCUT2D eigenvalue weighted by atomic mass is 10.0. The second kappa shape index (κ2) is 7.16. The van der Waals surface area contributed by atoms with E-state index in [0.29, 0.717) is 12.5 Å². The Kier molecular flexibility index (Phi) is 7.08. The van der Waals surface area contributed by atoms with Gasteiger partial charge in [0.05, 0.1) is 12.5 Å². The van der Waals surface area contributed by atoms with E-state index in [-0.39, 0.29) is 18.2 Å². The Morgan fingerprint density at radius 3 is 2.27 bits per heavy atom. The third-order valence-electron chi connectivity index (χ3n) is 2.04. The molecule has 0 aromatic rings. The van der Waals surface area contributed by atoms with Crippen LogP contribution in [-0.4, -0.2) is 32.6 Å². The molecule has 0 saturated carbocycles. The highest BCUT2D eigenvalue weighted by molar-refractivity contribution is 14.1. The van der Waals surface area contributed by atoms with Crippen LogP contribution in [0.15, 0.2) is 0 Å². The predicted molar refractivity (Wildman–Crippen MR) is 66.9 cm³/mol. The lowest BCUT2D eigenvalue weighted by Gasteiger charge is -2.24. The zero-order chi connectivity index (χ0) is 12.0. The molecular formula is C10H18INO3. The average Bonchev–Trinajstić information content (AvgIpc) is 2.09. The van der Waals surface area contributed by atoms with E-state index in [1.807, 2.05) is 22.9 Å². The summed E-state index contributed by atoms with van der Waals surface area (Å²) in [5.74, 6) is -0.298. The molecule has 1 unspecified atom stereocenters. The fourth-order valence-electron chi connectivity index (χ4n) is 1.28. The second-order valence-electron chi connectivity index (χ2n) is 4.02. The molecule has 0 spiro atoms. The van der Waals surface area contributed by atoms with Crippen LogP contribution >= 0.6 is 22.9 Å². The van der Waals surface area contributed by atoms with E-state index < -0.39 is 5.97 Å². The Morgan fingerprint density at radius 1 is 1.40 bits per heavy atom. The molecule has 0 fully saturated rings. The number of carbonyl (C=O) groups excluding carboxylic acids is 1. The van der Waals surface area contributed by atoms with Crippen LogP contribution in [0.1, 0.15) is 33.6 Å². The van der Waals surface area contributed by atoms with Gasteiger partial charge in [0.1, 0.15) is 5.78 Å². The van der Waals surface area contributed by atoms with E-state index >= 15 is 0 Å². The Morgan fingerprint density at radius 2 is 1.93 bits per heavy atom. The minimum atomic E-state index is -0.830. The Hall–Kier alpha value is -0.170. The Labute approximate surface area is 105 Å². The van der Waals surface area contributed by atoms with Crippen LogP contribution < -0.4 is 0 Å². The maximum atomic E-state index is 11.4. The van der Waals surface area contributed by atoms with E-state index in [0.717, 1.165) is 6.42 Å². The van der Waals surface area contributed by atoms with Crippen LogP contribution in [0.25, 0.3) is 0 Å². The number of aliphatic carboxylic acids is 1.